The molecule has 7 nitrogen and oxygen atoms in total. The molecule has 0 unspecified atom stereocenters. The number of hydrogen-bond acceptors (Lipinski definition) is 5. The summed E-state index contributed by atoms with van der Waals surface area (Å²) in [5.41, 5.74) is 3.12. The molecular weight excluding hydrogens is 376 g/mol. The standard InChI is InChI=1S/C20H18N4O3S/c1-13-10-15-4-2-3-5-17(15)24(13)18(25)11-28-20-22-21-12-23(20)16-8-6-14(7-9-16)19(26)27/h2-9,12-13H,10-11H2,1H3,(H,26,27)/t13-/m0/s1. The number of amides is 1. The number of nitrogens with zero attached hydrogens (tertiary/aromatic N) is 4. The van der Waals surface area contributed by atoms with Crippen LogP contribution >= 0.6 is 11.8 Å². The van der Waals surface area contributed by atoms with Gasteiger partial charge in [-0.15, -0.1) is 10.2 Å². The molecule has 2 heterocycles. The van der Waals surface area contributed by atoms with E-state index in [0.717, 1.165) is 17.8 Å². The summed E-state index contributed by atoms with van der Waals surface area (Å²) in [7, 11) is 0. The summed E-state index contributed by atoms with van der Waals surface area (Å²) < 4.78 is 1.74. The van der Waals surface area contributed by atoms with Crippen LogP contribution in [-0.2, 0) is 11.2 Å². The topological polar surface area (TPSA) is 88.3 Å². The Morgan fingerprint density at radius 2 is 1.93 bits per heavy atom. The highest BCUT2D eigenvalue weighted by Crippen LogP contribution is 2.32. The van der Waals surface area contributed by atoms with E-state index in [0.29, 0.717) is 5.16 Å². The van der Waals surface area contributed by atoms with Gasteiger partial charge in [0.1, 0.15) is 6.33 Å². The average molecular weight is 394 g/mol. The quantitative estimate of drug-likeness (QED) is 0.669. The highest BCUT2D eigenvalue weighted by Gasteiger charge is 2.30. The van der Waals surface area contributed by atoms with Gasteiger partial charge in [-0.05, 0) is 49.2 Å². The van der Waals surface area contributed by atoms with E-state index in [9.17, 15) is 9.59 Å². The number of anilines is 1. The summed E-state index contributed by atoms with van der Waals surface area (Å²) in [4.78, 5) is 25.7. The van der Waals surface area contributed by atoms with Crippen molar-refractivity contribution in [2.24, 2.45) is 0 Å². The van der Waals surface area contributed by atoms with Crippen molar-refractivity contribution in [3.8, 4) is 5.69 Å². The van der Waals surface area contributed by atoms with E-state index in [-0.39, 0.29) is 23.3 Å². The summed E-state index contributed by atoms with van der Waals surface area (Å²) in [5.74, 6) is -0.710. The molecule has 1 aliphatic rings. The number of benzene rings is 2. The van der Waals surface area contributed by atoms with E-state index >= 15 is 0 Å². The molecule has 28 heavy (non-hydrogen) atoms. The third-order valence-electron chi connectivity index (χ3n) is 4.71. The highest BCUT2D eigenvalue weighted by atomic mass is 32.2. The van der Waals surface area contributed by atoms with Crippen LogP contribution < -0.4 is 4.90 Å². The molecule has 1 atom stereocenters. The molecule has 0 saturated carbocycles. The predicted octanol–water partition coefficient (Wildman–Crippen LogP) is 3.04. The van der Waals surface area contributed by atoms with E-state index in [2.05, 4.69) is 23.2 Å². The third kappa shape index (κ3) is 3.38. The summed E-state index contributed by atoms with van der Waals surface area (Å²) >= 11 is 1.31. The molecule has 0 aliphatic carbocycles. The molecule has 0 fully saturated rings. The fourth-order valence-electron chi connectivity index (χ4n) is 3.41. The van der Waals surface area contributed by atoms with Gasteiger partial charge >= 0.3 is 5.97 Å². The molecule has 1 aliphatic heterocycles. The Kier molecular flexibility index (Phi) is 4.87. The normalized spacial score (nSPS) is 15.5. The second kappa shape index (κ2) is 7.47. The molecule has 0 saturated heterocycles. The number of hydrogen-bond donors (Lipinski definition) is 1. The van der Waals surface area contributed by atoms with Gasteiger partial charge in [-0.3, -0.25) is 9.36 Å². The van der Waals surface area contributed by atoms with E-state index in [1.165, 1.54) is 29.5 Å². The number of fused-ring (bicyclic) bond motifs is 1. The summed E-state index contributed by atoms with van der Waals surface area (Å²) in [5, 5.41) is 17.6. The Morgan fingerprint density at radius 1 is 1.18 bits per heavy atom. The van der Waals surface area contributed by atoms with Crippen LogP contribution in [0.15, 0.2) is 60.0 Å². The van der Waals surface area contributed by atoms with Crippen molar-refractivity contribution < 1.29 is 14.7 Å². The zero-order chi connectivity index (χ0) is 19.7. The van der Waals surface area contributed by atoms with Crippen LogP contribution in [0.4, 0.5) is 5.69 Å². The van der Waals surface area contributed by atoms with Gasteiger partial charge < -0.3 is 10.0 Å². The molecule has 142 valence electrons. The summed E-state index contributed by atoms with van der Waals surface area (Å²) in [6.45, 7) is 2.05. The number of carboxylic acid groups (broad SMARTS) is 1. The van der Waals surface area contributed by atoms with Gasteiger partial charge in [0.2, 0.25) is 5.91 Å². The fraction of sp³-hybridized carbons (Fsp3) is 0.200. The maximum absolute atomic E-state index is 12.9. The van der Waals surface area contributed by atoms with Crippen molar-refractivity contribution >= 4 is 29.3 Å². The van der Waals surface area contributed by atoms with Gasteiger partial charge in [0.15, 0.2) is 5.16 Å². The first-order valence-corrected chi connectivity index (χ1v) is 9.79. The summed E-state index contributed by atoms with van der Waals surface area (Å²) in [6.07, 6.45) is 2.41. The second-order valence-corrected chi connectivity index (χ2v) is 7.51. The minimum Gasteiger partial charge on any atom is -0.478 e. The first kappa shape index (κ1) is 18.2. The van der Waals surface area contributed by atoms with E-state index in [1.807, 2.05) is 23.1 Å². The monoisotopic (exact) mass is 394 g/mol. The molecule has 0 radical (unpaired) electrons. The lowest BCUT2D eigenvalue weighted by atomic mass is 10.1. The zero-order valence-electron chi connectivity index (χ0n) is 15.1. The predicted molar refractivity (Wildman–Crippen MR) is 106 cm³/mol. The van der Waals surface area contributed by atoms with Crippen molar-refractivity contribution in [3.63, 3.8) is 0 Å². The van der Waals surface area contributed by atoms with E-state index in [1.54, 1.807) is 23.0 Å². The SMILES string of the molecule is C[C@H]1Cc2ccccc2N1C(=O)CSc1nncn1-c1ccc(C(=O)O)cc1. The Balaban J connectivity index is 1.49. The first-order valence-electron chi connectivity index (χ1n) is 8.81. The van der Waals surface area contributed by atoms with Gasteiger partial charge in [0.05, 0.1) is 11.3 Å². The number of para-hydroxylation sites is 1. The Labute approximate surface area is 166 Å². The third-order valence-corrected chi connectivity index (χ3v) is 5.64. The van der Waals surface area contributed by atoms with Crippen molar-refractivity contribution in [2.45, 2.75) is 24.5 Å². The van der Waals surface area contributed by atoms with Crippen molar-refractivity contribution in [1.82, 2.24) is 14.8 Å². The smallest absolute Gasteiger partial charge is 0.335 e. The lowest BCUT2D eigenvalue weighted by Gasteiger charge is -2.22. The second-order valence-electron chi connectivity index (χ2n) is 6.57. The van der Waals surface area contributed by atoms with Crippen LogP contribution in [0.25, 0.3) is 5.69 Å². The van der Waals surface area contributed by atoms with Crippen LogP contribution in [0.3, 0.4) is 0 Å². The van der Waals surface area contributed by atoms with Crippen LogP contribution in [0.2, 0.25) is 0 Å². The molecule has 1 amide bonds. The molecule has 3 aromatic rings. The molecule has 4 rings (SSSR count). The first-order chi connectivity index (χ1) is 13.5. The number of carbonyl (C=O) groups excluding carboxylic acids is 1. The lowest BCUT2D eigenvalue weighted by Crippen LogP contribution is -2.37. The Morgan fingerprint density at radius 3 is 2.68 bits per heavy atom. The number of aromatic nitrogens is 3. The number of thioether (sulfide) groups is 1. The lowest BCUT2D eigenvalue weighted by molar-refractivity contribution is -0.116. The van der Waals surface area contributed by atoms with Crippen molar-refractivity contribution in [3.05, 3.63) is 66.0 Å². The number of carboxylic acids is 1. The van der Waals surface area contributed by atoms with E-state index < -0.39 is 5.97 Å². The molecule has 1 aromatic heterocycles. The van der Waals surface area contributed by atoms with Crippen LogP contribution in [0.1, 0.15) is 22.8 Å². The Bertz CT molecular complexity index is 1030. The number of carbonyl (C=O) groups is 2. The number of aromatic carboxylic acids is 1. The number of rotatable bonds is 5. The molecule has 0 bridgehead atoms. The molecular formula is C20H18N4O3S. The van der Waals surface area contributed by atoms with Crippen LogP contribution in [0, 0.1) is 0 Å². The molecule has 8 heteroatoms. The average Bonchev–Trinajstić information content (AvgIpc) is 3.29. The van der Waals surface area contributed by atoms with Gasteiger partial charge in [-0.2, -0.15) is 0 Å². The van der Waals surface area contributed by atoms with Crippen molar-refractivity contribution in [1.29, 1.82) is 0 Å². The molecule has 2 aromatic carbocycles. The van der Waals surface area contributed by atoms with Gasteiger partial charge in [-0.1, -0.05) is 30.0 Å². The summed E-state index contributed by atoms with van der Waals surface area (Å²) in [6, 6.07) is 14.5. The minimum atomic E-state index is -0.976. The maximum Gasteiger partial charge on any atom is 0.335 e. The Hall–Kier alpha value is -3.13. The minimum absolute atomic E-state index is 0.0261. The highest BCUT2D eigenvalue weighted by molar-refractivity contribution is 7.99. The largest absolute Gasteiger partial charge is 0.478 e. The molecule has 1 N–H and O–H groups in total. The fourth-order valence-corrected chi connectivity index (χ4v) is 4.19. The van der Waals surface area contributed by atoms with Crippen LogP contribution in [0.5, 0.6) is 0 Å². The molecule has 0 spiro atoms. The zero-order valence-corrected chi connectivity index (χ0v) is 16.0. The van der Waals surface area contributed by atoms with Gasteiger partial charge in [-0.25, -0.2) is 4.79 Å². The van der Waals surface area contributed by atoms with Crippen molar-refractivity contribution in [2.75, 3.05) is 10.7 Å². The van der Waals surface area contributed by atoms with Crippen LogP contribution in [-0.4, -0.2) is 43.5 Å². The van der Waals surface area contributed by atoms with Gasteiger partial charge in [0, 0.05) is 17.4 Å². The van der Waals surface area contributed by atoms with E-state index in [4.69, 9.17) is 5.11 Å². The van der Waals surface area contributed by atoms with Gasteiger partial charge in [0.25, 0.3) is 0 Å². The maximum atomic E-state index is 12.9.